The summed E-state index contributed by atoms with van der Waals surface area (Å²) < 4.78 is 5.59. The van der Waals surface area contributed by atoms with E-state index in [1.807, 2.05) is 12.1 Å². The van der Waals surface area contributed by atoms with Crippen LogP contribution in [-0.2, 0) is 0 Å². The van der Waals surface area contributed by atoms with Gasteiger partial charge in [-0.1, -0.05) is 31.4 Å². The smallest absolute Gasteiger partial charge is 0.138 e. The van der Waals surface area contributed by atoms with E-state index >= 15 is 0 Å². The Hall–Kier alpha value is -0.890. The van der Waals surface area contributed by atoms with E-state index in [0.717, 1.165) is 23.8 Å². The minimum absolute atomic E-state index is 0.515. The van der Waals surface area contributed by atoms with Gasteiger partial charge < -0.3 is 10.1 Å². The molecule has 3 heteroatoms. The molecule has 0 spiro atoms. The van der Waals surface area contributed by atoms with Crippen LogP contribution in [0.2, 0.25) is 5.02 Å². The van der Waals surface area contributed by atoms with Gasteiger partial charge in [-0.25, -0.2) is 0 Å². The fraction of sp³-hybridized carbons (Fsp3) is 0.625. The second-order valence-electron chi connectivity index (χ2n) is 5.47. The lowest BCUT2D eigenvalue weighted by atomic mass is 9.99. The summed E-state index contributed by atoms with van der Waals surface area (Å²) in [6, 6.07) is 6.50. The zero-order chi connectivity index (χ0) is 13.7. The SMILES string of the molecule is CCCOc1ccc(NC(C)C2CCCC2)cc1Cl. The number of hydrogen-bond acceptors (Lipinski definition) is 2. The van der Waals surface area contributed by atoms with E-state index in [0.29, 0.717) is 17.7 Å². The Morgan fingerprint density at radius 2 is 2.11 bits per heavy atom. The number of nitrogens with one attached hydrogen (secondary N) is 1. The summed E-state index contributed by atoms with van der Waals surface area (Å²) in [7, 11) is 0. The van der Waals surface area contributed by atoms with Gasteiger partial charge in [-0.15, -0.1) is 0 Å². The van der Waals surface area contributed by atoms with Crippen molar-refractivity contribution < 1.29 is 4.74 Å². The van der Waals surface area contributed by atoms with E-state index in [-0.39, 0.29) is 0 Å². The molecule has 1 atom stereocenters. The fourth-order valence-corrected chi connectivity index (χ4v) is 2.99. The minimum atomic E-state index is 0.515. The number of anilines is 1. The van der Waals surface area contributed by atoms with Gasteiger partial charge in [0.05, 0.1) is 11.6 Å². The second-order valence-corrected chi connectivity index (χ2v) is 5.88. The maximum absolute atomic E-state index is 6.24. The van der Waals surface area contributed by atoms with Gasteiger partial charge in [0, 0.05) is 11.7 Å². The van der Waals surface area contributed by atoms with E-state index in [1.54, 1.807) is 0 Å². The Balaban J connectivity index is 1.95. The normalized spacial score (nSPS) is 17.4. The van der Waals surface area contributed by atoms with Crippen LogP contribution in [0.5, 0.6) is 5.75 Å². The van der Waals surface area contributed by atoms with Crippen LogP contribution in [0.25, 0.3) is 0 Å². The first-order chi connectivity index (χ1) is 9.20. The van der Waals surface area contributed by atoms with Gasteiger partial charge >= 0.3 is 0 Å². The maximum atomic E-state index is 6.24. The summed E-state index contributed by atoms with van der Waals surface area (Å²) in [5.41, 5.74) is 1.09. The largest absolute Gasteiger partial charge is 0.492 e. The number of rotatable bonds is 6. The second kappa shape index (κ2) is 7.04. The number of halogens is 1. The summed E-state index contributed by atoms with van der Waals surface area (Å²) >= 11 is 6.24. The average molecular weight is 282 g/mol. The highest BCUT2D eigenvalue weighted by Crippen LogP contribution is 2.31. The van der Waals surface area contributed by atoms with Crippen molar-refractivity contribution in [1.82, 2.24) is 0 Å². The summed E-state index contributed by atoms with van der Waals surface area (Å²) in [4.78, 5) is 0. The molecule has 0 aliphatic heterocycles. The molecule has 1 aromatic rings. The molecule has 0 amide bonds. The van der Waals surface area contributed by atoms with Gasteiger partial charge in [0.2, 0.25) is 0 Å². The molecule has 1 unspecified atom stereocenters. The summed E-state index contributed by atoms with van der Waals surface area (Å²) in [6.07, 6.45) is 6.44. The lowest BCUT2D eigenvalue weighted by Crippen LogP contribution is -2.23. The minimum Gasteiger partial charge on any atom is -0.492 e. The van der Waals surface area contributed by atoms with E-state index in [9.17, 15) is 0 Å². The van der Waals surface area contributed by atoms with Crippen molar-refractivity contribution in [3.05, 3.63) is 23.2 Å². The standard InChI is InChI=1S/C16H24ClNO/c1-3-10-19-16-9-8-14(11-15(16)17)18-12(2)13-6-4-5-7-13/h8-9,11-13,18H,3-7,10H2,1-2H3. The molecule has 2 nitrogen and oxygen atoms in total. The monoisotopic (exact) mass is 281 g/mol. The van der Waals surface area contributed by atoms with E-state index in [1.165, 1.54) is 25.7 Å². The molecule has 0 heterocycles. The van der Waals surface area contributed by atoms with Crippen molar-refractivity contribution >= 4 is 17.3 Å². The van der Waals surface area contributed by atoms with Gasteiger partial charge in [0.1, 0.15) is 5.75 Å². The Morgan fingerprint density at radius 1 is 1.37 bits per heavy atom. The van der Waals surface area contributed by atoms with E-state index in [4.69, 9.17) is 16.3 Å². The number of ether oxygens (including phenoxy) is 1. The van der Waals surface area contributed by atoms with Crippen molar-refractivity contribution in [2.45, 2.75) is 52.0 Å². The Labute approximate surface area is 121 Å². The Kier molecular flexibility index (Phi) is 5.38. The number of benzene rings is 1. The summed E-state index contributed by atoms with van der Waals surface area (Å²) in [6.45, 7) is 5.07. The first-order valence-electron chi connectivity index (χ1n) is 7.39. The van der Waals surface area contributed by atoms with Crippen LogP contribution < -0.4 is 10.1 Å². The molecule has 0 saturated heterocycles. The molecule has 1 N–H and O–H groups in total. The van der Waals surface area contributed by atoms with Crippen molar-refractivity contribution in [2.24, 2.45) is 5.92 Å². The zero-order valence-corrected chi connectivity index (χ0v) is 12.7. The predicted molar refractivity (Wildman–Crippen MR) is 82.3 cm³/mol. The van der Waals surface area contributed by atoms with Crippen molar-refractivity contribution in [3.63, 3.8) is 0 Å². The Morgan fingerprint density at radius 3 is 2.74 bits per heavy atom. The van der Waals surface area contributed by atoms with E-state index in [2.05, 4.69) is 25.2 Å². The van der Waals surface area contributed by atoms with Crippen LogP contribution in [0.4, 0.5) is 5.69 Å². The molecule has 1 aromatic carbocycles. The molecular formula is C16H24ClNO. The highest BCUT2D eigenvalue weighted by atomic mass is 35.5. The first-order valence-corrected chi connectivity index (χ1v) is 7.77. The average Bonchev–Trinajstić information content (AvgIpc) is 2.92. The Bertz CT molecular complexity index is 402. The molecule has 19 heavy (non-hydrogen) atoms. The van der Waals surface area contributed by atoms with Crippen LogP contribution in [0, 0.1) is 5.92 Å². The van der Waals surface area contributed by atoms with Crippen molar-refractivity contribution in [3.8, 4) is 5.75 Å². The van der Waals surface area contributed by atoms with Crippen LogP contribution >= 0.6 is 11.6 Å². The maximum Gasteiger partial charge on any atom is 0.138 e. The molecule has 2 rings (SSSR count). The third kappa shape index (κ3) is 4.04. The third-order valence-corrected chi connectivity index (χ3v) is 4.19. The molecule has 106 valence electrons. The summed E-state index contributed by atoms with van der Waals surface area (Å²) in [5, 5.41) is 4.26. The number of hydrogen-bond donors (Lipinski definition) is 1. The van der Waals surface area contributed by atoms with Crippen LogP contribution in [0.3, 0.4) is 0 Å². The van der Waals surface area contributed by atoms with E-state index < -0.39 is 0 Å². The lowest BCUT2D eigenvalue weighted by molar-refractivity contribution is 0.317. The third-order valence-electron chi connectivity index (χ3n) is 3.89. The van der Waals surface area contributed by atoms with Gasteiger partial charge in [0.15, 0.2) is 0 Å². The lowest BCUT2D eigenvalue weighted by Gasteiger charge is -2.22. The molecular weight excluding hydrogens is 258 g/mol. The molecule has 1 aliphatic carbocycles. The highest BCUT2D eigenvalue weighted by molar-refractivity contribution is 6.32. The van der Waals surface area contributed by atoms with Crippen LogP contribution in [0.1, 0.15) is 46.0 Å². The first kappa shape index (κ1) is 14.5. The zero-order valence-electron chi connectivity index (χ0n) is 11.9. The molecule has 1 fully saturated rings. The fourth-order valence-electron chi connectivity index (χ4n) is 2.76. The quantitative estimate of drug-likeness (QED) is 0.781. The topological polar surface area (TPSA) is 21.3 Å². The van der Waals surface area contributed by atoms with Crippen LogP contribution in [-0.4, -0.2) is 12.6 Å². The highest BCUT2D eigenvalue weighted by Gasteiger charge is 2.21. The van der Waals surface area contributed by atoms with Gasteiger partial charge in [-0.2, -0.15) is 0 Å². The van der Waals surface area contributed by atoms with Crippen molar-refractivity contribution in [1.29, 1.82) is 0 Å². The van der Waals surface area contributed by atoms with Crippen molar-refractivity contribution in [2.75, 3.05) is 11.9 Å². The van der Waals surface area contributed by atoms with Gasteiger partial charge in [0.25, 0.3) is 0 Å². The molecule has 0 radical (unpaired) electrons. The molecule has 0 aromatic heterocycles. The molecule has 0 bridgehead atoms. The molecule has 1 saturated carbocycles. The van der Waals surface area contributed by atoms with Crippen LogP contribution in [0.15, 0.2) is 18.2 Å². The predicted octanol–water partition coefficient (Wildman–Crippen LogP) is 5.12. The van der Waals surface area contributed by atoms with Gasteiger partial charge in [-0.05, 0) is 50.3 Å². The summed E-state index contributed by atoms with van der Waals surface area (Å²) in [5.74, 6) is 1.58. The van der Waals surface area contributed by atoms with Gasteiger partial charge in [-0.3, -0.25) is 0 Å². The molecule has 1 aliphatic rings.